The van der Waals surface area contributed by atoms with E-state index in [0.717, 1.165) is 5.56 Å². The third-order valence-corrected chi connectivity index (χ3v) is 2.81. The van der Waals surface area contributed by atoms with Crippen molar-refractivity contribution in [1.29, 1.82) is 0 Å². The minimum absolute atomic E-state index is 0.0525. The topological polar surface area (TPSA) is 54.4 Å². The predicted molar refractivity (Wildman–Crippen MR) is 55.7 cm³/mol. The van der Waals surface area contributed by atoms with E-state index in [1.807, 2.05) is 0 Å². The normalized spacial score (nSPS) is 12.1. The molecule has 1 aromatic rings. The fraction of sp³-hybridized carbons (Fsp3) is 0.200. The first kappa shape index (κ1) is 10.9. The van der Waals surface area contributed by atoms with Crippen molar-refractivity contribution in [2.45, 2.75) is 4.90 Å². The average Bonchev–Trinajstić information content (AvgIpc) is 2.14. The Morgan fingerprint density at radius 3 is 2.71 bits per heavy atom. The molecule has 0 amide bonds. The highest BCUT2D eigenvalue weighted by atomic mass is 32.2. The Hall–Kier alpha value is -1.13. The summed E-state index contributed by atoms with van der Waals surface area (Å²) in [5.41, 5.74) is 0.766. The third-order valence-electron chi connectivity index (χ3n) is 1.70. The molecule has 0 atom stereocenters. The van der Waals surface area contributed by atoms with Gasteiger partial charge in [-0.15, -0.1) is 0 Å². The summed E-state index contributed by atoms with van der Waals surface area (Å²) in [6.07, 6.45) is 4.40. The Morgan fingerprint density at radius 1 is 1.43 bits per heavy atom. The zero-order valence-electron chi connectivity index (χ0n) is 7.84. The van der Waals surface area contributed by atoms with Crippen LogP contribution in [0.25, 0.3) is 6.08 Å². The molecule has 0 aliphatic heterocycles. The Morgan fingerprint density at radius 2 is 2.14 bits per heavy atom. The SMILES string of the molecule is CS(=O)(=O)c1cccc(C=CCO)c1. The van der Waals surface area contributed by atoms with Gasteiger partial charge in [-0.2, -0.15) is 0 Å². The van der Waals surface area contributed by atoms with Crippen LogP contribution in [0.2, 0.25) is 0 Å². The number of benzene rings is 1. The van der Waals surface area contributed by atoms with Gasteiger partial charge in [-0.1, -0.05) is 24.3 Å². The molecule has 1 aromatic carbocycles. The molecule has 0 spiro atoms. The van der Waals surface area contributed by atoms with Crippen LogP contribution in [-0.2, 0) is 9.84 Å². The van der Waals surface area contributed by atoms with Crippen LogP contribution in [0.4, 0.5) is 0 Å². The molecule has 0 aromatic heterocycles. The van der Waals surface area contributed by atoms with E-state index in [4.69, 9.17) is 5.11 Å². The van der Waals surface area contributed by atoms with Crippen molar-refractivity contribution in [3.05, 3.63) is 35.9 Å². The first-order chi connectivity index (χ1) is 6.54. The Balaban J connectivity index is 3.08. The van der Waals surface area contributed by atoms with Gasteiger partial charge < -0.3 is 5.11 Å². The van der Waals surface area contributed by atoms with Gasteiger partial charge in [0.1, 0.15) is 0 Å². The van der Waals surface area contributed by atoms with Gasteiger partial charge in [-0.3, -0.25) is 0 Å². The first-order valence-electron chi connectivity index (χ1n) is 4.11. The quantitative estimate of drug-likeness (QED) is 0.816. The summed E-state index contributed by atoms with van der Waals surface area (Å²) in [5.74, 6) is 0. The second-order valence-electron chi connectivity index (χ2n) is 2.93. The Bertz CT molecular complexity index is 432. The molecule has 14 heavy (non-hydrogen) atoms. The number of rotatable bonds is 3. The minimum Gasteiger partial charge on any atom is -0.392 e. The zero-order chi connectivity index (χ0) is 10.6. The molecule has 76 valence electrons. The maximum absolute atomic E-state index is 11.2. The summed E-state index contributed by atoms with van der Waals surface area (Å²) in [6.45, 7) is -0.0525. The molecule has 0 radical (unpaired) electrons. The van der Waals surface area contributed by atoms with E-state index in [0.29, 0.717) is 0 Å². The number of sulfone groups is 1. The molecule has 0 fully saturated rings. The second-order valence-corrected chi connectivity index (χ2v) is 4.95. The smallest absolute Gasteiger partial charge is 0.175 e. The Kier molecular flexibility index (Phi) is 3.43. The largest absolute Gasteiger partial charge is 0.392 e. The molecule has 4 heteroatoms. The van der Waals surface area contributed by atoms with Crippen molar-refractivity contribution >= 4 is 15.9 Å². The first-order valence-corrected chi connectivity index (χ1v) is 6.00. The minimum atomic E-state index is -3.15. The van der Waals surface area contributed by atoms with E-state index >= 15 is 0 Å². The molecular formula is C10H12O3S. The monoisotopic (exact) mass is 212 g/mol. The molecular weight excluding hydrogens is 200 g/mol. The van der Waals surface area contributed by atoms with E-state index in [1.54, 1.807) is 36.4 Å². The lowest BCUT2D eigenvalue weighted by atomic mass is 10.2. The third kappa shape index (κ3) is 2.97. The van der Waals surface area contributed by atoms with Crippen LogP contribution < -0.4 is 0 Å². The molecule has 0 unspecified atom stereocenters. The van der Waals surface area contributed by atoms with Crippen LogP contribution >= 0.6 is 0 Å². The Labute approximate surface area is 83.6 Å². The lowest BCUT2D eigenvalue weighted by molar-refractivity contribution is 0.343. The van der Waals surface area contributed by atoms with Gasteiger partial charge in [0.15, 0.2) is 9.84 Å². The van der Waals surface area contributed by atoms with Crippen LogP contribution in [0.5, 0.6) is 0 Å². The fourth-order valence-corrected chi connectivity index (χ4v) is 1.71. The summed E-state index contributed by atoms with van der Waals surface area (Å²) < 4.78 is 22.4. The molecule has 0 aliphatic rings. The van der Waals surface area contributed by atoms with Gasteiger partial charge in [0.05, 0.1) is 11.5 Å². The summed E-state index contributed by atoms with van der Waals surface area (Å²) in [4.78, 5) is 0.289. The van der Waals surface area contributed by atoms with Crippen molar-refractivity contribution < 1.29 is 13.5 Å². The molecule has 3 nitrogen and oxygen atoms in total. The van der Waals surface area contributed by atoms with Crippen molar-refractivity contribution in [2.24, 2.45) is 0 Å². The second kappa shape index (κ2) is 4.39. The molecule has 0 heterocycles. The van der Waals surface area contributed by atoms with Crippen molar-refractivity contribution in [3.63, 3.8) is 0 Å². The lowest BCUT2D eigenvalue weighted by Crippen LogP contribution is -1.96. The van der Waals surface area contributed by atoms with Crippen LogP contribution in [-0.4, -0.2) is 26.4 Å². The highest BCUT2D eigenvalue weighted by Gasteiger charge is 2.05. The van der Waals surface area contributed by atoms with Gasteiger partial charge in [0.25, 0.3) is 0 Å². The molecule has 1 rings (SSSR count). The highest BCUT2D eigenvalue weighted by Crippen LogP contribution is 2.12. The predicted octanol–water partition coefficient (Wildman–Crippen LogP) is 1.10. The van der Waals surface area contributed by atoms with E-state index in [9.17, 15) is 8.42 Å². The molecule has 0 bridgehead atoms. The van der Waals surface area contributed by atoms with E-state index in [1.165, 1.54) is 6.26 Å². The fourth-order valence-electron chi connectivity index (χ4n) is 1.04. The summed E-state index contributed by atoms with van der Waals surface area (Å²) in [5, 5.41) is 8.55. The number of hydrogen-bond donors (Lipinski definition) is 1. The number of aliphatic hydroxyl groups excluding tert-OH is 1. The summed E-state index contributed by atoms with van der Waals surface area (Å²) >= 11 is 0. The standard InChI is InChI=1S/C10H12O3S/c1-14(12,13)10-6-2-4-9(8-10)5-3-7-11/h2-6,8,11H,7H2,1H3. The van der Waals surface area contributed by atoms with Crippen molar-refractivity contribution in [1.82, 2.24) is 0 Å². The van der Waals surface area contributed by atoms with Crippen LogP contribution in [0, 0.1) is 0 Å². The van der Waals surface area contributed by atoms with Gasteiger partial charge in [0, 0.05) is 6.26 Å². The number of aliphatic hydroxyl groups is 1. The van der Waals surface area contributed by atoms with Crippen LogP contribution in [0.3, 0.4) is 0 Å². The summed E-state index contributed by atoms with van der Waals surface area (Å²) in [6, 6.07) is 6.57. The van der Waals surface area contributed by atoms with E-state index in [-0.39, 0.29) is 11.5 Å². The molecule has 1 N–H and O–H groups in total. The summed E-state index contributed by atoms with van der Waals surface area (Å²) in [7, 11) is -3.15. The van der Waals surface area contributed by atoms with Gasteiger partial charge in [0.2, 0.25) is 0 Å². The van der Waals surface area contributed by atoms with Gasteiger partial charge in [-0.05, 0) is 17.7 Å². The van der Waals surface area contributed by atoms with E-state index in [2.05, 4.69) is 0 Å². The van der Waals surface area contributed by atoms with Gasteiger partial charge >= 0.3 is 0 Å². The van der Waals surface area contributed by atoms with Crippen LogP contribution in [0.15, 0.2) is 35.2 Å². The van der Waals surface area contributed by atoms with E-state index < -0.39 is 9.84 Å². The lowest BCUT2D eigenvalue weighted by Gasteiger charge is -1.99. The molecule has 0 saturated carbocycles. The van der Waals surface area contributed by atoms with Crippen molar-refractivity contribution in [3.8, 4) is 0 Å². The maximum Gasteiger partial charge on any atom is 0.175 e. The zero-order valence-corrected chi connectivity index (χ0v) is 8.66. The average molecular weight is 212 g/mol. The van der Waals surface area contributed by atoms with Crippen LogP contribution in [0.1, 0.15) is 5.56 Å². The molecule has 0 saturated heterocycles. The highest BCUT2D eigenvalue weighted by molar-refractivity contribution is 7.90. The maximum atomic E-state index is 11.2. The van der Waals surface area contributed by atoms with Crippen molar-refractivity contribution in [2.75, 3.05) is 12.9 Å². The molecule has 0 aliphatic carbocycles. The van der Waals surface area contributed by atoms with Gasteiger partial charge in [-0.25, -0.2) is 8.42 Å². The number of hydrogen-bond acceptors (Lipinski definition) is 3.